The molecule has 2 fully saturated rings. The zero-order chi connectivity index (χ0) is 11.7. The van der Waals surface area contributed by atoms with E-state index in [-0.39, 0.29) is 18.2 Å². The Morgan fingerprint density at radius 2 is 2.24 bits per heavy atom. The zero-order valence-corrected chi connectivity index (χ0v) is 9.63. The first-order valence-electron chi connectivity index (χ1n) is 6.03. The largest absolute Gasteiger partial charge is 0.374 e. The molecule has 4 heteroatoms. The third-order valence-corrected chi connectivity index (χ3v) is 3.45. The highest BCUT2D eigenvalue weighted by Crippen LogP contribution is 2.27. The number of benzene rings is 1. The van der Waals surface area contributed by atoms with Gasteiger partial charge >= 0.3 is 6.03 Å². The van der Waals surface area contributed by atoms with Crippen LogP contribution in [0.1, 0.15) is 12.0 Å². The van der Waals surface area contributed by atoms with E-state index in [2.05, 4.69) is 5.32 Å². The molecule has 2 aliphatic heterocycles. The molecule has 2 amide bonds. The van der Waals surface area contributed by atoms with Crippen molar-refractivity contribution < 1.29 is 9.53 Å². The Morgan fingerprint density at radius 1 is 1.41 bits per heavy atom. The second kappa shape index (κ2) is 4.37. The van der Waals surface area contributed by atoms with Crippen molar-refractivity contribution in [2.75, 3.05) is 13.2 Å². The molecule has 0 aromatic heterocycles. The summed E-state index contributed by atoms with van der Waals surface area (Å²) in [4.78, 5) is 13.9. The van der Waals surface area contributed by atoms with Crippen molar-refractivity contribution >= 4 is 6.03 Å². The second-order valence-electron chi connectivity index (χ2n) is 4.64. The van der Waals surface area contributed by atoms with Crippen LogP contribution in [-0.2, 0) is 11.3 Å². The number of likely N-dealkylation sites (tertiary alicyclic amines) is 1. The summed E-state index contributed by atoms with van der Waals surface area (Å²) in [5, 5.41) is 2.96. The van der Waals surface area contributed by atoms with Crippen molar-refractivity contribution in [1.29, 1.82) is 0 Å². The molecule has 2 heterocycles. The highest BCUT2D eigenvalue weighted by atomic mass is 16.5. The van der Waals surface area contributed by atoms with Gasteiger partial charge in [-0.2, -0.15) is 0 Å². The fourth-order valence-electron chi connectivity index (χ4n) is 2.52. The van der Waals surface area contributed by atoms with Crippen molar-refractivity contribution in [2.45, 2.75) is 25.1 Å². The van der Waals surface area contributed by atoms with Crippen molar-refractivity contribution in [3.05, 3.63) is 35.9 Å². The first-order chi connectivity index (χ1) is 8.33. The molecule has 2 atom stereocenters. The molecule has 1 aromatic carbocycles. The van der Waals surface area contributed by atoms with E-state index in [0.717, 1.165) is 18.5 Å². The average molecular weight is 232 g/mol. The maximum absolute atomic E-state index is 12.0. The van der Waals surface area contributed by atoms with Crippen LogP contribution in [0.15, 0.2) is 30.3 Å². The first kappa shape index (κ1) is 10.6. The van der Waals surface area contributed by atoms with Gasteiger partial charge in [-0.05, 0) is 12.0 Å². The molecule has 2 saturated heterocycles. The Balaban J connectivity index is 1.54. The van der Waals surface area contributed by atoms with Gasteiger partial charge in [0.05, 0.1) is 18.8 Å². The summed E-state index contributed by atoms with van der Waals surface area (Å²) in [7, 11) is 0. The zero-order valence-electron chi connectivity index (χ0n) is 9.63. The fourth-order valence-corrected chi connectivity index (χ4v) is 2.52. The predicted molar refractivity (Wildman–Crippen MR) is 63.5 cm³/mol. The van der Waals surface area contributed by atoms with E-state index in [4.69, 9.17) is 4.74 Å². The number of hydrogen-bond acceptors (Lipinski definition) is 2. The molecule has 0 spiro atoms. The van der Waals surface area contributed by atoms with Gasteiger partial charge in [0.25, 0.3) is 0 Å². The summed E-state index contributed by atoms with van der Waals surface area (Å²) in [6.45, 7) is 2.03. The van der Waals surface area contributed by atoms with Crippen LogP contribution in [0, 0.1) is 0 Å². The van der Waals surface area contributed by atoms with E-state index in [1.54, 1.807) is 0 Å². The minimum absolute atomic E-state index is 0.0321. The van der Waals surface area contributed by atoms with Gasteiger partial charge in [-0.25, -0.2) is 4.79 Å². The van der Waals surface area contributed by atoms with Crippen LogP contribution in [0.2, 0.25) is 0 Å². The smallest absolute Gasteiger partial charge is 0.318 e. The van der Waals surface area contributed by atoms with Gasteiger partial charge in [-0.1, -0.05) is 30.3 Å². The van der Waals surface area contributed by atoms with Crippen LogP contribution in [0.4, 0.5) is 4.79 Å². The SMILES string of the molecule is O=C(NCc1ccccc1)N1CC2CC1CO2. The molecule has 0 radical (unpaired) electrons. The summed E-state index contributed by atoms with van der Waals surface area (Å²) in [5.41, 5.74) is 1.13. The monoisotopic (exact) mass is 232 g/mol. The summed E-state index contributed by atoms with van der Waals surface area (Å²) in [6, 6.07) is 10.3. The average Bonchev–Trinajstić information content (AvgIpc) is 2.99. The topological polar surface area (TPSA) is 41.6 Å². The Kier molecular flexibility index (Phi) is 2.73. The van der Waals surface area contributed by atoms with Gasteiger partial charge in [0, 0.05) is 13.1 Å². The number of morpholine rings is 1. The van der Waals surface area contributed by atoms with Crippen molar-refractivity contribution in [1.82, 2.24) is 10.2 Å². The number of hydrogen-bond donors (Lipinski definition) is 1. The third-order valence-electron chi connectivity index (χ3n) is 3.45. The molecular formula is C13H16N2O2. The maximum atomic E-state index is 12.0. The van der Waals surface area contributed by atoms with Crippen LogP contribution < -0.4 is 5.32 Å². The van der Waals surface area contributed by atoms with Gasteiger partial charge in [0.2, 0.25) is 0 Å². The molecule has 2 bridgehead atoms. The lowest BCUT2D eigenvalue weighted by Gasteiger charge is -2.27. The number of urea groups is 1. The van der Waals surface area contributed by atoms with E-state index in [0.29, 0.717) is 13.2 Å². The summed E-state index contributed by atoms with van der Waals surface area (Å²) in [5.74, 6) is 0. The lowest BCUT2D eigenvalue weighted by Crippen LogP contribution is -2.46. The molecule has 4 nitrogen and oxygen atoms in total. The van der Waals surface area contributed by atoms with E-state index in [1.165, 1.54) is 0 Å². The lowest BCUT2D eigenvalue weighted by molar-refractivity contribution is 0.0445. The Bertz CT molecular complexity index is 407. The molecule has 2 aliphatic rings. The first-order valence-corrected chi connectivity index (χ1v) is 6.03. The van der Waals surface area contributed by atoms with Gasteiger partial charge in [-0.3, -0.25) is 0 Å². The van der Waals surface area contributed by atoms with E-state index >= 15 is 0 Å². The quantitative estimate of drug-likeness (QED) is 0.836. The third kappa shape index (κ3) is 2.13. The number of rotatable bonds is 2. The Morgan fingerprint density at radius 3 is 2.88 bits per heavy atom. The predicted octanol–water partition coefficient (Wildman–Crippen LogP) is 1.37. The van der Waals surface area contributed by atoms with Gasteiger partial charge in [-0.15, -0.1) is 0 Å². The summed E-state index contributed by atoms with van der Waals surface area (Å²) in [6.07, 6.45) is 1.26. The molecule has 1 N–H and O–H groups in total. The van der Waals surface area contributed by atoms with Crippen LogP contribution >= 0.6 is 0 Å². The number of nitrogens with zero attached hydrogens (tertiary/aromatic N) is 1. The van der Waals surface area contributed by atoms with Crippen molar-refractivity contribution in [3.8, 4) is 0 Å². The van der Waals surface area contributed by atoms with Crippen LogP contribution in [0.5, 0.6) is 0 Å². The number of nitrogens with one attached hydrogen (secondary N) is 1. The number of ether oxygens (including phenoxy) is 1. The van der Waals surface area contributed by atoms with Gasteiger partial charge in [0.15, 0.2) is 0 Å². The lowest BCUT2D eigenvalue weighted by atomic mass is 10.2. The number of carbonyl (C=O) groups is 1. The highest BCUT2D eigenvalue weighted by molar-refractivity contribution is 5.75. The summed E-state index contributed by atoms with van der Waals surface area (Å²) < 4.78 is 5.47. The summed E-state index contributed by atoms with van der Waals surface area (Å²) >= 11 is 0. The molecule has 3 rings (SSSR count). The van der Waals surface area contributed by atoms with Crippen LogP contribution in [0.3, 0.4) is 0 Å². The Labute approximate surface area is 101 Å². The Hall–Kier alpha value is -1.55. The van der Waals surface area contributed by atoms with Crippen molar-refractivity contribution in [2.24, 2.45) is 0 Å². The van der Waals surface area contributed by atoms with Crippen molar-refractivity contribution in [3.63, 3.8) is 0 Å². The second-order valence-corrected chi connectivity index (χ2v) is 4.64. The number of carbonyl (C=O) groups excluding carboxylic acids is 1. The number of fused-ring (bicyclic) bond motifs is 2. The number of amides is 2. The molecule has 1 aromatic rings. The molecule has 90 valence electrons. The standard InChI is InChI=1S/C13H16N2O2/c16-13(14-7-10-4-2-1-3-5-10)15-8-12-6-11(15)9-17-12/h1-5,11-12H,6-9H2,(H,14,16). The van der Waals surface area contributed by atoms with Gasteiger partial charge in [0.1, 0.15) is 0 Å². The highest BCUT2D eigenvalue weighted by Gasteiger charge is 2.41. The van der Waals surface area contributed by atoms with E-state index in [1.807, 2.05) is 35.2 Å². The van der Waals surface area contributed by atoms with E-state index < -0.39 is 0 Å². The minimum atomic E-state index is 0.0321. The van der Waals surface area contributed by atoms with Gasteiger partial charge < -0.3 is 15.0 Å². The fraction of sp³-hybridized carbons (Fsp3) is 0.462. The molecule has 2 unspecified atom stereocenters. The molecule has 0 aliphatic carbocycles. The molecular weight excluding hydrogens is 216 g/mol. The van der Waals surface area contributed by atoms with Crippen LogP contribution in [-0.4, -0.2) is 36.2 Å². The normalized spacial score (nSPS) is 26.2. The van der Waals surface area contributed by atoms with E-state index in [9.17, 15) is 4.79 Å². The molecule has 0 saturated carbocycles. The van der Waals surface area contributed by atoms with Crippen LogP contribution in [0.25, 0.3) is 0 Å². The maximum Gasteiger partial charge on any atom is 0.318 e. The molecule has 17 heavy (non-hydrogen) atoms. The minimum Gasteiger partial charge on any atom is -0.374 e.